The van der Waals surface area contributed by atoms with Crippen LogP contribution in [0.3, 0.4) is 0 Å². The van der Waals surface area contributed by atoms with Gasteiger partial charge < -0.3 is 15.4 Å². The fourth-order valence-electron chi connectivity index (χ4n) is 2.13. The molecule has 0 radical (unpaired) electrons. The van der Waals surface area contributed by atoms with E-state index in [0.717, 1.165) is 5.75 Å². The van der Waals surface area contributed by atoms with Crippen LogP contribution in [0.15, 0.2) is 18.3 Å². The smallest absolute Gasteiger partial charge is 0.329 e. The zero-order valence-electron chi connectivity index (χ0n) is 11.9. The van der Waals surface area contributed by atoms with Crippen molar-refractivity contribution >= 4 is 29.3 Å². The van der Waals surface area contributed by atoms with Crippen LogP contribution in [0, 0.1) is 0 Å². The van der Waals surface area contributed by atoms with Crippen molar-refractivity contribution in [2.75, 3.05) is 30.4 Å². The molecule has 1 aromatic rings. The molecule has 1 atom stereocenters. The molecule has 114 valence electrons. The summed E-state index contributed by atoms with van der Waals surface area (Å²) in [5, 5.41) is 0. The minimum Gasteiger partial charge on any atom is -0.464 e. The number of nitrogen functional groups attached to an aromatic ring is 1. The van der Waals surface area contributed by atoms with Gasteiger partial charge in [-0.05, 0) is 19.1 Å². The second-order valence-corrected chi connectivity index (χ2v) is 5.84. The molecule has 6 nitrogen and oxygen atoms in total. The maximum Gasteiger partial charge on any atom is 0.329 e. The van der Waals surface area contributed by atoms with Crippen LogP contribution < -0.4 is 5.73 Å². The van der Waals surface area contributed by atoms with Gasteiger partial charge in [0.05, 0.1) is 24.9 Å². The normalized spacial score (nSPS) is 18.3. The summed E-state index contributed by atoms with van der Waals surface area (Å²) < 4.78 is 5.05. The van der Waals surface area contributed by atoms with Gasteiger partial charge in [-0.1, -0.05) is 0 Å². The zero-order valence-corrected chi connectivity index (χ0v) is 12.8. The lowest BCUT2D eigenvalue weighted by molar-refractivity contribution is -0.153. The summed E-state index contributed by atoms with van der Waals surface area (Å²) in [6.07, 6.45) is 1.69. The average molecular weight is 309 g/mol. The molecule has 1 saturated heterocycles. The molecule has 0 saturated carbocycles. The number of hydrogen-bond donors (Lipinski definition) is 1. The molecule has 0 bridgehead atoms. The Balaban J connectivity index is 2.04. The number of thioether (sulfide) groups is 1. The monoisotopic (exact) mass is 309 g/mol. The first-order valence-corrected chi connectivity index (χ1v) is 8.01. The highest BCUT2D eigenvalue weighted by atomic mass is 32.2. The van der Waals surface area contributed by atoms with Gasteiger partial charge in [-0.3, -0.25) is 9.78 Å². The maximum absolute atomic E-state index is 12.4. The Bertz CT molecular complexity index is 507. The van der Waals surface area contributed by atoms with E-state index in [1.807, 2.05) is 0 Å². The summed E-state index contributed by atoms with van der Waals surface area (Å²) in [7, 11) is 0. The molecular weight excluding hydrogens is 290 g/mol. The fraction of sp³-hybridized carbons (Fsp3) is 0.500. The number of anilines is 1. The van der Waals surface area contributed by atoms with Crippen molar-refractivity contribution in [2.24, 2.45) is 0 Å². The lowest BCUT2D eigenvalue weighted by Crippen LogP contribution is -2.51. The zero-order chi connectivity index (χ0) is 15.2. The van der Waals surface area contributed by atoms with E-state index in [4.69, 9.17) is 10.5 Å². The van der Waals surface area contributed by atoms with Gasteiger partial charge >= 0.3 is 5.97 Å². The number of nitrogens with zero attached hydrogens (tertiary/aromatic N) is 2. The van der Waals surface area contributed by atoms with Crippen molar-refractivity contribution in [3.8, 4) is 0 Å². The molecular formula is C14H19N3O3S. The van der Waals surface area contributed by atoms with Crippen molar-refractivity contribution in [3.63, 3.8) is 0 Å². The largest absolute Gasteiger partial charge is 0.464 e. The fourth-order valence-corrected chi connectivity index (χ4v) is 3.16. The van der Waals surface area contributed by atoms with Crippen LogP contribution in [0.5, 0.6) is 0 Å². The topological polar surface area (TPSA) is 85.5 Å². The van der Waals surface area contributed by atoms with Gasteiger partial charge in [0.15, 0.2) is 0 Å². The SMILES string of the molecule is CCOC(=O)C1CSCCN1C(=O)Cc1ccc(N)cn1. The van der Waals surface area contributed by atoms with Gasteiger partial charge in [0.2, 0.25) is 5.91 Å². The van der Waals surface area contributed by atoms with Crippen molar-refractivity contribution in [2.45, 2.75) is 19.4 Å². The molecule has 7 heteroatoms. The van der Waals surface area contributed by atoms with Crippen LogP contribution in [0.1, 0.15) is 12.6 Å². The number of esters is 1. The molecule has 2 rings (SSSR count). The van der Waals surface area contributed by atoms with Gasteiger partial charge in [0.25, 0.3) is 0 Å². The molecule has 1 amide bonds. The molecule has 1 aliphatic rings. The molecule has 1 unspecified atom stereocenters. The second kappa shape index (κ2) is 7.31. The van der Waals surface area contributed by atoms with Gasteiger partial charge in [0, 0.05) is 23.7 Å². The highest BCUT2D eigenvalue weighted by molar-refractivity contribution is 7.99. The molecule has 2 heterocycles. The number of nitrogens with two attached hydrogens (primary N) is 1. The van der Waals surface area contributed by atoms with E-state index in [1.54, 1.807) is 35.7 Å². The van der Waals surface area contributed by atoms with Crippen LogP contribution in [0.2, 0.25) is 0 Å². The van der Waals surface area contributed by atoms with E-state index in [0.29, 0.717) is 30.3 Å². The van der Waals surface area contributed by atoms with Crippen LogP contribution in [0.25, 0.3) is 0 Å². The van der Waals surface area contributed by atoms with Crippen LogP contribution in [-0.4, -0.2) is 52.5 Å². The minimum absolute atomic E-state index is 0.106. The second-order valence-electron chi connectivity index (χ2n) is 4.69. The summed E-state index contributed by atoms with van der Waals surface area (Å²) >= 11 is 1.66. The van der Waals surface area contributed by atoms with Gasteiger partial charge in [0.1, 0.15) is 6.04 Å². The Labute approximate surface area is 128 Å². The predicted octanol–water partition coefficient (Wildman–Crippen LogP) is 0.713. The first-order valence-electron chi connectivity index (χ1n) is 6.86. The molecule has 1 aromatic heterocycles. The Morgan fingerprint density at radius 3 is 3.00 bits per heavy atom. The maximum atomic E-state index is 12.4. The summed E-state index contributed by atoms with van der Waals surface area (Å²) in [6.45, 7) is 2.64. The van der Waals surface area contributed by atoms with E-state index in [-0.39, 0.29) is 18.3 Å². The Morgan fingerprint density at radius 1 is 1.52 bits per heavy atom. The summed E-state index contributed by atoms with van der Waals surface area (Å²) in [5.41, 5.74) is 6.78. The third kappa shape index (κ3) is 4.10. The van der Waals surface area contributed by atoms with Crippen molar-refractivity contribution in [1.82, 2.24) is 9.88 Å². The number of carbonyl (C=O) groups excluding carboxylic acids is 2. The lowest BCUT2D eigenvalue weighted by atomic mass is 10.2. The van der Waals surface area contributed by atoms with Crippen molar-refractivity contribution < 1.29 is 14.3 Å². The first kappa shape index (κ1) is 15.6. The number of pyridine rings is 1. The average Bonchev–Trinajstić information content (AvgIpc) is 2.50. The molecule has 1 aliphatic heterocycles. The summed E-state index contributed by atoms with van der Waals surface area (Å²) in [4.78, 5) is 30.1. The quantitative estimate of drug-likeness (QED) is 0.825. The van der Waals surface area contributed by atoms with E-state index in [1.165, 1.54) is 6.20 Å². The highest BCUT2D eigenvalue weighted by Crippen LogP contribution is 2.19. The van der Waals surface area contributed by atoms with Gasteiger partial charge in [-0.25, -0.2) is 4.79 Å². The number of ether oxygens (including phenoxy) is 1. The van der Waals surface area contributed by atoms with Crippen molar-refractivity contribution in [1.29, 1.82) is 0 Å². The predicted molar refractivity (Wildman–Crippen MR) is 81.8 cm³/mol. The van der Waals surface area contributed by atoms with Crippen molar-refractivity contribution in [3.05, 3.63) is 24.0 Å². The molecule has 0 aliphatic carbocycles. The Hall–Kier alpha value is -1.76. The minimum atomic E-state index is -0.495. The first-order chi connectivity index (χ1) is 10.1. The third-order valence-corrected chi connectivity index (χ3v) is 4.21. The third-order valence-electron chi connectivity index (χ3n) is 3.19. The summed E-state index contributed by atoms with van der Waals surface area (Å²) in [6, 6.07) is 2.94. The van der Waals surface area contributed by atoms with E-state index >= 15 is 0 Å². The molecule has 21 heavy (non-hydrogen) atoms. The Morgan fingerprint density at radius 2 is 2.33 bits per heavy atom. The number of hydrogen-bond acceptors (Lipinski definition) is 6. The number of rotatable bonds is 4. The van der Waals surface area contributed by atoms with Crippen LogP contribution >= 0.6 is 11.8 Å². The highest BCUT2D eigenvalue weighted by Gasteiger charge is 2.33. The number of amides is 1. The molecule has 1 fully saturated rings. The Kier molecular flexibility index (Phi) is 5.44. The van der Waals surface area contributed by atoms with E-state index in [2.05, 4.69) is 4.98 Å². The standard InChI is InChI=1S/C14H19N3O3S/c1-2-20-14(19)12-9-21-6-5-17(12)13(18)7-11-4-3-10(15)8-16-11/h3-4,8,12H,2,5-7,9,15H2,1H3. The van der Waals surface area contributed by atoms with Crippen LogP contribution in [0.4, 0.5) is 5.69 Å². The summed E-state index contributed by atoms with van der Waals surface area (Å²) in [5.74, 6) is 0.977. The number of aromatic nitrogens is 1. The van der Waals surface area contributed by atoms with E-state index < -0.39 is 6.04 Å². The van der Waals surface area contributed by atoms with Gasteiger partial charge in [-0.2, -0.15) is 11.8 Å². The van der Waals surface area contributed by atoms with E-state index in [9.17, 15) is 9.59 Å². The molecule has 0 spiro atoms. The molecule has 2 N–H and O–H groups in total. The molecule has 0 aromatic carbocycles. The van der Waals surface area contributed by atoms with Gasteiger partial charge in [-0.15, -0.1) is 0 Å². The lowest BCUT2D eigenvalue weighted by Gasteiger charge is -2.33. The number of carbonyl (C=O) groups is 2. The van der Waals surface area contributed by atoms with Crippen LogP contribution in [-0.2, 0) is 20.7 Å².